The monoisotopic (exact) mass is 266 g/mol. The summed E-state index contributed by atoms with van der Waals surface area (Å²) in [7, 11) is 0. The first-order valence-electron chi connectivity index (χ1n) is 6.48. The maximum absolute atomic E-state index is 12.9. The molecule has 1 saturated heterocycles. The average Bonchev–Trinajstić information content (AvgIpc) is 2.76. The van der Waals surface area contributed by atoms with E-state index in [2.05, 4.69) is 10.6 Å². The molecule has 1 amide bonds. The molecule has 0 spiro atoms. The van der Waals surface area contributed by atoms with Crippen molar-refractivity contribution in [2.75, 3.05) is 25.0 Å². The van der Waals surface area contributed by atoms with Crippen LogP contribution in [-0.2, 0) is 9.53 Å². The number of nitrogens with one attached hydrogen (secondary N) is 2. The van der Waals surface area contributed by atoms with Crippen molar-refractivity contribution in [3.05, 3.63) is 30.1 Å². The lowest BCUT2D eigenvalue weighted by Gasteiger charge is -2.23. The molecule has 1 aromatic carbocycles. The van der Waals surface area contributed by atoms with E-state index in [1.54, 1.807) is 12.1 Å². The highest BCUT2D eigenvalue weighted by Gasteiger charge is 2.29. The van der Waals surface area contributed by atoms with Gasteiger partial charge in [-0.15, -0.1) is 0 Å². The second-order valence-corrected chi connectivity index (χ2v) is 5.06. The smallest absolute Gasteiger partial charge is 0.238 e. The Morgan fingerprint density at radius 2 is 2.37 bits per heavy atom. The van der Waals surface area contributed by atoms with Crippen molar-refractivity contribution in [1.82, 2.24) is 5.32 Å². The molecule has 0 saturated carbocycles. The number of hydrogen-bond acceptors (Lipinski definition) is 3. The zero-order chi connectivity index (χ0) is 13.7. The fraction of sp³-hybridized carbons (Fsp3) is 0.500. The summed E-state index contributed by atoms with van der Waals surface area (Å²) >= 11 is 0. The molecule has 104 valence electrons. The van der Waals surface area contributed by atoms with Crippen molar-refractivity contribution in [1.29, 1.82) is 0 Å². The molecule has 19 heavy (non-hydrogen) atoms. The molecule has 1 aromatic rings. The SMILES string of the molecule is CC1(CNCC(=O)Nc2cccc(F)c2)CCCO1. The first-order chi connectivity index (χ1) is 9.07. The van der Waals surface area contributed by atoms with E-state index in [9.17, 15) is 9.18 Å². The molecular weight excluding hydrogens is 247 g/mol. The maximum Gasteiger partial charge on any atom is 0.238 e. The third kappa shape index (κ3) is 4.29. The number of hydrogen-bond donors (Lipinski definition) is 2. The van der Waals surface area contributed by atoms with Crippen LogP contribution < -0.4 is 10.6 Å². The number of carbonyl (C=O) groups is 1. The highest BCUT2D eigenvalue weighted by Crippen LogP contribution is 2.23. The molecule has 1 fully saturated rings. The standard InChI is InChI=1S/C14H19FN2O2/c1-14(6-3-7-19-14)10-16-9-13(18)17-12-5-2-4-11(15)8-12/h2,4-5,8,16H,3,6-7,9-10H2,1H3,(H,17,18). The lowest BCUT2D eigenvalue weighted by molar-refractivity contribution is -0.115. The highest BCUT2D eigenvalue weighted by molar-refractivity contribution is 5.92. The van der Waals surface area contributed by atoms with Crippen LogP contribution in [0.3, 0.4) is 0 Å². The lowest BCUT2D eigenvalue weighted by Crippen LogP contribution is -2.40. The Balaban J connectivity index is 1.73. The number of halogens is 1. The number of ether oxygens (including phenoxy) is 1. The molecule has 2 N–H and O–H groups in total. The average molecular weight is 266 g/mol. The van der Waals surface area contributed by atoms with Gasteiger partial charge in [0.25, 0.3) is 0 Å². The molecule has 4 nitrogen and oxygen atoms in total. The minimum atomic E-state index is -0.363. The first kappa shape index (κ1) is 14.0. The molecule has 1 aliphatic rings. The van der Waals surface area contributed by atoms with Crippen LogP contribution >= 0.6 is 0 Å². The van der Waals surface area contributed by atoms with Gasteiger partial charge in [0, 0.05) is 18.8 Å². The summed E-state index contributed by atoms with van der Waals surface area (Å²) in [4.78, 5) is 11.7. The van der Waals surface area contributed by atoms with Crippen molar-refractivity contribution in [2.45, 2.75) is 25.4 Å². The molecule has 0 aromatic heterocycles. The van der Waals surface area contributed by atoms with Gasteiger partial charge in [-0.2, -0.15) is 0 Å². The van der Waals surface area contributed by atoms with Crippen molar-refractivity contribution in [3.63, 3.8) is 0 Å². The van der Waals surface area contributed by atoms with Crippen LogP contribution in [0.25, 0.3) is 0 Å². The zero-order valence-electron chi connectivity index (χ0n) is 11.0. The van der Waals surface area contributed by atoms with Gasteiger partial charge in [-0.25, -0.2) is 4.39 Å². The third-order valence-corrected chi connectivity index (χ3v) is 3.19. The van der Waals surface area contributed by atoms with E-state index in [1.165, 1.54) is 12.1 Å². The molecule has 1 aliphatic heterocycles. The van der Waals surface area contributed by atoms with Gasteiger partial charge in [0.1, 0.15) is 5.82 Å². The van der Waals surface area contributed by atoms with E-state index in [0.717, 1.165) is 19.4 Å². The lowest BCUT2D eigenvalue weighted by atomic mass is 10.0. The van der Waals surface area contributed by atoms with Gasteiger partial charge in [0.05, 0.1) is 12.1 Å². The summed E-state index contributed by atoms with van der Waals surface area (Å²) in [5.74, 6) is -0.551. The van der Waals surface area contributed by atoms with Crippen LogP contribution in [0.1, 0.15) is 19.8 Å². The molecule has 2 rings (SSSR count). The predicted octanol–water partition coefficient (Wildman–Crippen LogP) is 1.92. The molecular formula is C14H19FN2O2. The topological polar surface area (TPSA) is 50.4 Å². The number of benzene rings is 1. The van der Waals surface area contributed by atoms with Crippen LogP contribution in [0.5, 0.6) is 0 Å². The van der Waals surface area contributed by atoms with Crippen LogP contribution in [0.2, 0.25) is 0 Å². The molecule has 0 aliphatic carbocycles. The molecule has 1 heterocycles. The van der Waals surface area contributed by atoms with Crippen molar-refractivity contribution < 1.29 is 13.9 Å². The summed E-state index contributed by atoms with van der Waals surface area (Å²) < 4.78 is 18.6. The van der Waals surface area contributed by atoms with E-state index >= 15 is 0 Å². The summed E-state index contributed by atoms with van der Waals surface area (Å²) in [5, 5.41) is 5.71. The van der Waals surface area contributed by atoms with Crippen LogP contribution in [0.15, 0.2) is 24.3 Å². The quantitative estimate of drug-likeness (QED) is 0.856. The highest BCUT2D eigenvalue weighted by atomic mass is 19.1. The van der Waals surface area contributed by atoms with E-state index in [1.807, 2.05) is 6.92 Å². The Morgan fingerprint density at radius 1 is 1.53 bits per heavy atom. The Hall–Kier alpha value is -1.46. The Kier molecular flexibility index (Phi) is 4.50. The molecule has 1 atom stereocenters. The normalized spacial score (nSPS) is 22.4. The Labute approximate surface area is 112 Å². The zero-order valence-corrected chi connectivity index (χ0v) is 11.0. The minimum Gasteiger partial charge on any atom is -0.374 e. The first-order valence-corrected chi connectivity index (χ1v) is 6.48. The van der Waals surface area contributed by atoms with Gasteiger partial charge in [-0.05, 0) is 38.0 Å². The van der Waals surface area contributed by atoms with Gasteiger partial charge in [-0.1, -0.05) is 6.07 Å². The summed E-state index contributed by atoms with van der Waals surface area (Å²) in [6.07, 6.45) is 2.07. The minimum absolute atomic E-state index is 0.168. The Bertz CT molecular complexity index is 445. The summed E-state index contributed by atoms with van der Waals surface area (Å²) in [6, 6.07) is 5.85. The van der Waals surface area contributed by atoms with Gasteiger partial charge >= 0.3 is 0 Å². The number of amides is 1. The number of anilines is 1. The molecule has 0 radical (unpaired) electrons. The van der Waals surface area contributed by atoms with Gasteiger partial charge in [-0.3, -0.25) is 4.79 Å². The second-order valence-electron chi connectivity index (χ2n) is 5.06. The Morgan fingerprint density at radius 3 is 3.05 bits per heavy atom. The van der Waals surface area contributed by atoms with E-state index in [4.69, 9.17) is 4.74 Å². The molecule has 0 bridgehead atoms. The van der Waals surface area contributed by atoms with Crippen molar-refractivity contribution in [3.8, 4) is 0 Å². The van der Waals surface area contributed by atoms with Gasteiger partial charge in [0.15, 0.2) is 0 Å². The van der Waals surface area contributed by atoms with E-state index < -0.39 is 0 Å². The van der Waals surface area contributed by atoms with Crippen molar-refractivity contribution >= 4 is 11.6 Å². The second kappa shape index (κ2) is 6.12. The van der Waals surface area contributed by atoms with Crippen LogP contribution in [0.4, 0.5) is 10.1 Å². The van der Waals surface area contributed by atoms with E-state index in [0.29, 0.717) is 12.2 Å². The van der Waals surface area contributed by atoms with Gasteiger partial charge < -0.3 is 15.4 Å². The summed E-state index contributed by atoms with van der Waals surface area (Å²) in [5.41, 5.74) is 0.300. The van der Waals surface area contributed by atoms with E-state index in [-0.39, 0.29) is 23.9 Å². The fourth-order valence-electron chi connectivity index (χ4n) is 2.19. The number of carbonyl (C=O) groups excluding carboxylic acids is 1. The predicted molar refractivity (Wildman–Crippen MR) is 71.5 cm³/mol. The third-order valence-electron chi connectivity index (χ3n) is 3.19. The largest absolute Gasteiger partial charge is 0.374 e. The molecule has 5 heteroatoms. The molecule has 1 unspecified atom stereocenters. The van der Waals surface area contributed by atoms with Crippen LogP contribution in [-0.4, -0.2) is 31.2 Å². The number of rotatable bonds is 5. The fourth-order valence-corrected chi connectivity index (χ4v) is 2.19. The van der Waals surface area contributed by atoms with Crippen LogP contribution in [0, 0.1) is 5.82 Å². The summed E-state index contributed by atoms with van der Waals surface area (Å²) in [6.45, 7) is 3.66. The van der Waals surface area contributed by atoms with Gasteiger partial charge in [0.2, 0.25) is 5.91 Å². The van der Waals surface area contributed by atoms with Crippen molar-refractivity contribution in [2.24, 2.45) is 0 Å². The maximum atomic E-state index is 12.9.